The molecule has 1 unspecified atom stereocenters. The Balaban J connectivity index is 1.96. The minimum Gasteiger partial charge on any atom is -0.357 e. The van der Waals surface area contributed by atoms with Gasteiger partial charge in [-0.25, -0.2) is 15.8 Å². The Hall–Kier alpha value is -2.14. The van der Waals surface area contributed by atoms with E-state index in [0.717, 1.165) is 17.3 Å². The van der Waals surface area contributed by atoms with Crippen molar-refractivity contribution in [3.63, 3.8) is 0 Å². The molecular formula is C16H21N5. The highest BCUT2D eigenvalue weighted by atomic mass is 15.3. The maximum atomic E-state index is 5.56. The van der Waals surface area contributed by atoms with Crippen LogP contribution in [-0.4, -0.2) is 23.1 Å². The summed E-state index contributed by atoms with van der Waals surface area (Å²) >= 11 is 0. The molecule has 0 bridgehead atoms. The largest absolute Gasteiger partial charge is 0.357 e. The third kappa shape index (κ3) is 2.97. The van der Waals surface area contributed by atoms with Crippen LogP contribution in [0.1, 0.15) is 19.8 Å². The first-order valence-electron chi connectivity index (χ1n) is 7.33. The maximum absolute atomic E-state index is 5.56. The van der Waals surface area contributed by atoms with Crippen LogP contribution in [0.15, 0.2) is 36.4 Å². The predicted molar refractivity (Wildman–Crippen MR) is 85.9 cm³/mol. The zero-order valence-electron chi connectivity index (χ0n) is 12.5. The molecule has 1 aromatic carbocycles. The van der Waals surface area contributed by atoms with Gasteiger partial charge in [0.25, 0.3) is 0 Å². The van der Waals surface area contributed by atoms with Crippen LogP contribution in [0.4, 0.5) is 11.6 Å². The Morgan fingerprint density at radius 2 is 1.95 bits per heavy atom. The van der Waals surface area contributed by atoms with Crippen molar-refractivity contribution >= 4 is 11.6 Å². The number of nitrogens with two attached hydrogens (primary N) is 1. The number of aromatic nitrogens is 2. The van der Waals surface area contributed by atoms with Crippen molar-refractivity contribution in [2.24, 2.45) is 11.8 Å². The molecule has 0 amide bonds. The molecule has 1 aliphatic rings. The average Bonchev–Trinajstić information content (AvgIpc) is 3.38. The molecule has 0 radical (unpaired) electrons. The first kappa shape index (κ1) is 13.8. The molecule has 0 saturated heterocycles. The smallest absolute Gasteiger partial charge is 0.163 e. The van der Waals surface area contributed by atoms with Crippen LogP contribution in [-0.2, 0) is 0 Å². The van der Waals surface area contributed by atoms with Gasteiger partial charge in [0.1, 0.15) is 11.6 Å². The number of nitrogens with one attached hydrogen (secondary N) is 1. The summed E-state index contributed by atoms with van der Waals surface area (Å²) in [5, 5.41) is 0. The van der Waals surface area contributed by atoms with Crippen LogP contribution in [0.25, 0.3) is 11.4 Å². The summed E-state index contributed by atoms with van der Waals surface area (Å²) in [6.07, 6.45) is 2.62. The minimum absolute atomic E-state index is 0.481. The number of hydrogen-bond donors (Lipinski definition) is 2. The van der Waals surface area contributed by atoms with Gasteiger partial charge in [-0.1, -0.05) is 30.3 Å². The van der Waals surface area contributed by atoms with E-state index in [4.69, 9.17) is 10.8 Å². The highest BCUT2D eigenvalue weighted by Gasteiger charge is 2.31. The van der Waals surface area contributed by atoms with Crippen molar-refractivity contribution in [2.75, 3.05) is 17.4 Å². The van der Waals surface area contributed by atoms with Crippen molar-refractivity contribution < 1.29 is 0 Å². The standard InChI is InChI=1S/C16H21N5/c1-11(12-8-9-12)21(2)15-10-14(20-17)18-16(19-15)13-6-4-3-5-7-13/h3-7,10-12H,8-9,17H2,1-2H3,(H,18,19,20). The van der Waals surface area contributed by atoms with Gasteiger partial charge in [0.15, 0.2) is 5.82 Å². The van der Waals surface area contributed by atoms with Crippen molar-refractivity contribution in [3.05, 3.63) is 36.4 Å². The fourth-order valence-electron chi connectivity index (χ4n) is 2.51. The van der Waals surface area contributed by atoms with Gasteiger partial charge in [0.2, 0.25) is 0 Å². The molecule has 1 fully saturated rings. The molecule has 1 saturated carbocycles. The Labute approximate surface area is 125 Å². The van der Waals surface area contributed by atoms with Gasteiger partial charge >= 0.3 is 0 Å². The molecule has 0 aliphatic heterocycles. The van der Waals surface area contributed by atoms with Gasteiger partial charge in [0, 0.05) is 24.7 Å². The Bertz CT molecular complexity index is 609. The maximum Gasteiger partial charge on any atom is 0.163 e. The van der Waals surface area contributed by atoms with Gasteiger partial charge in [0.05, 0.1) is 0 Å². The lowest BCUT2D eigenvalue weighted by molar-refractivity contribution is 0.604. The van der Waals surface area contributed by atoms with Crippen LogP contribution < -0.4 is 16.2 Å². The van der Waals surface area contributed by atoms with Crippen molar-refractivity contribution in [3.8, 4) is 11.4 Å². The summed E-state index contributed by atoms with van der Waals surface area (Å²) in [5.74, 6) is 8.56. The van der Waals surface area contributed by atoms with Gasteiger partial charge in [-0.3, -0.25) is 0 Å². The van der Waals surface area contributed by atoms with E-state index in [9.17, 15) is 0 Å². The summed E-state index contributed by atoms with van der Waals surface area (Å²) in [4.78, 5) is 11.4. The van der Waals surface area contributed by atoms with Crippen LogP contribution in [0.3, 0.4) is 0 Å². The molecular weight excluding hydrogens is 262 g/mol. The van der Waals surface area contributed by atoms with Gasteiger partial charge in [-0.05, 0) is 25.7 Å². The number of hydrazine groups is 1. The van der Waals surface area contributed by atoms with E-state index in [0.29, 0.717) is 17.7 Å². The number of benzene rings is 1. The van der Waals surface area contributed by atoms with Crippen molar-refractivity contribution in [1.82, 2.24) is 9.97 Å². The number of rotatable bonds is 5. The third-order valence-corrected chi connectivity index (χ3v) is 4.17. The van der Waals surface area contributed by atoms with Gasteiger partial charge in [-0.15, -0.1) is 0 Å². The summed E-state index contributed by atoms with van der Waals surface area (Å²) in [6.45, 7) is 2.25. The second-order valence-electron chi connectivity index (χ2n) is 5.63. The summed E-state index contributed by atoms with van der Waals surface area (Å²) in [5.41, 5.74) is 3.63. The zero-order valence-corrected chi connectivity index (χ0v) is 12.5. The highest BCUT2D eigenvalue weighted by molar-refractivity contribution is 5.61. The molecule has 3 N–H and O–H groups in total. The quantitative estimate of drug-likeness (QED) is 0.652. The first-order valence-corrected chi connectivity index (χ1v) is 7.33. The summed E-state index contributed by atoms with van der Waals surface area (Å²) in [7, 11) is 2.08. The highest BCUT2D eigenvalue weighted by Crippen LogP contribution is 2.36. The SMILES string of the molecule is CC(C1CC1)N(C)c1cc(NN)nc(-c2ccccc2)n1. The lowest BCUT2D eigenvalue weighted by Gasteiger charge is -2.26. The zero-order chi connectivity index (χ0) is 14.8. The van der Waals surface area contributed by atoms with E-state index in [1.54, 1.807) is 0 Å². The molecule has 110 valence electrons. The fraction of sp³-hybridized carbons (Fsp3) is 0.375. The fourth-order valence-corrected chi connectivity index (χ4v) is 2.51. The van der Waals surface area contributed by atoms with E-state index in [1.165, 1.54) is 12.8 Å². The number of nitrogens with zero attached hydrogens (tertiary/aromatic N) is 3. The first-order chi connectivity index (χ1) is 10.2. The topological polar surface area (TPSA) is 67.1 Å². The van der Waals surface area contributed by atoms with Crippen molar-refractivity contribution in [1.29, 1.82) is 0 Å². The van der Waals surface area contributed by atoms with Gasteiger partial charge in [-0.2, -0.15) is 0 Å². The van der Waals surface area contributed by atoms with Crippen LogP contribution in [0.5, 0.6) is 0 Å². The molecule has 1 heterocycles. The van der Waals surface area contributed by atoms with E-state index in [2.05, 4.69) is 29.3 Å². The van der Waals surface area contributed by atoms with E-state index < -0.39 is 0 Å². The third-order valence-electron chi connectivity index (χ3n) is 4.17. The number of anilines is 2. The van der Waals surface area contributed by atoms with Crippen LogP contribution >= 0.6 is 0 Å². The molecule has 1 aromatic heterocycles. The Morgan fingerprint density at radius 1 is 1.24 bits per heavy atom. The van der Waals surface area contributed by atoms with Gasteiger partial charge < -0.3 is 10.3 Å². The van der Waals surface area contributed by atoms with E-state index >= 15 is 0 Å². The minimum atomic E-state index is 0.481. The molecule has 2 aromatic rings. The predicted octanol–water partition coefficient (Wildman–Crippen LogP) is 2.66. The normalized spacial score (nSPS) is 15.6. The van der Waals surface area contributed by atoms with Crippen molar-refractivity contribution in [2.45, 2.75) is 25.8 Å². The molecule has 21 heavy (non-hydrogen) atoms. The van der Waals surface area contributed by atoms with E-state index in [-0.39, 0.29) is 0 Å². The Kier molecular flexibility index (Phi) is 3.75. The average molecular weight is 283 g/mol. The second kappa shape index (κ2) is 5.69. The molecule has 1 atom stereocenters. The number of nitrogen functional groups attached to an aromatic ring is 1. The summed E-state index contributed by atoms with van der Waals surface area (Å²) < 4.78 is 0. The Morgan fingerprint density at radius 3 is 2.57 bits per heavy atom. The molecule has 3 rings (SSSR count). The lowest BCUT2D eigenvalue weighted by Crippen LogP contribution is -2.31. The second-order valence-corrected chi connectivity index (χ2v) is 5.63. The van der Waals surface area contributed by atoms with Crippen LogP contribution in [0.2, 0.25) is 0 Å². The van der Waals surface area contributed by atoms with Crippen LogP contribution in [0, 0.1) is 5.92 Å². The molecule has 1 aliphatic carbocycles. The molecule has 5 heteroatoms. The lowest BCUT2D eigenvalue weighted by atomic mass is 10.2. The number of hydrogen-bond acceptors (Lipinski definition) is 5. The summed E-state index contributed by atoms with van der Waals surface area (Å²) in [6, 6.07) is 12.3. The van der Waals surface area contributed by atoms with E-state index in [1.807, 2.05) is 36.4 Å². The monoisotopic (exact) mass is 283 g/mol. The molecule has 5 nitrogen and oxygen atoms in total. The molecule has 0 spiro atoms.